The molecule has 0 amide bonds. The van der Waals surface area contributed by atoms with Crippen LogP contribution in [0.4, 0.5) is 0 Å². The number of rotatable bonds is 4. The fourth-order valence-corrected chi connectivity index (χ4v) is 1.34. The molecule has 0 aliphatic carbocycles. The Morgan fingerprint density at radius 2 is 2.24 bits per heavy atom. The molecule has 1 rings (SSSR count). The van der Waals surface area contributed by atoms with Gasteiger partial charge in [0.2, 0.25) is 0 Å². The molecule has 1 aromatic rings. The molecule has 0 saturated carbocycles. The molecule has 0 heterocycles. The average molecular weight is 235 g/mol. The third kappa shape index (κ3) is 2.41. The molecule has 0 spiro atoms. The Balaban J connectivity index is 3.45. The zero-order valence-electron chi connectivity index (χ0n) is 8.88. The second-order valence-electron chi connectivity index (χ2n) is 3.15. The van der Waals surface area contributed by atoms with Crippen molar-refractivity contribution in [3.63, 3.8) is 0 Å². The van der Waals surface area contributed by atoms with Gasteiger partial charge in [0.25, 0.3) is 0 Å². The van der Waals surface area contributed by atoms with E-state index in [2.05, 4.69) is 0 Å². The number of ether oxygens (including phenoxy) is 1. The van der Waals surface area contributed by atoms with Crippen molar-refractivity contribution in [3.05, 3.63) is 28.8 Å². The summed E-state index contributed by atoms with van der Waals surface area (Å²) in [7, 11) is 1.32. The van der Waals surface area contributed by atoms with Crippen LogP contribution in [-0.2, 0) is 4.79 Å². The Hall–Kier alpha value is -2.39. The van der Waals surface area contributed by atoms with Crippen LogP contribution in [-0.4, -0.2) is 29.6 Å². The number of methoxy groups -OCH3 is 1. The molecule has 2 N–H and O–H groups in total. The molecule has 88 valence electrons. The fraction of sp³-hybridized carbons (Fsp3) is 0.182. The molecule has 6 nitrogen and oxygen atoms in total. The SMILES string of the molecule is COc1cc(C#N)c(C(O)C(=O)O)cc1C=O. The van der Waals surface area contributed by atoms with Gasteiger partial charge in [0, 0.05) is 5.56 Å². The summed E-state index contributed by atoms with van der Waals surface area (Å²) in [5.41, 5.74) is -0.118. The van der Waals surface area contributed by atoms with Crippen LogP contribution in [0, 0.1) is 11.3 Å². The quantitative estimate of drug-likeness (QED) is 0.735. The van der Waals surface area contributed by atoms with Gasteiger partial charge in [-0.15, -0.1) is 0 Å². The Bertz CT molecular complexity index is 503. The fourth-order valence-electron chi connectivity index (χ4n) is 1.34. The number of aliphatic hydroxyl groups excluding tert-OH is 1. The molecule has 0 fully saturated rings. The number of carboxylic acid groups (broad SMARTS) is 1. The van der Waals surface area contributed by atoms with Crippen molar-refractivity contribution in [2.75, 3.05) is 7.11 Å². The van der Waals surface area contributed by atoms with Crippen molar-refractivity contribution < 1.29 is 24.5 Å². The summed E-state index contributed by atoms with van der Waals surface area (Å²) >= 11 is 0. The van der Waals surface area contributed by atoms with Gasteiger partial charge in [0.05, 0.1) is 24.3 Å². The summed E-state index contributed by atoms with van der Waals surface area (Å²) < 4.78 is 4.86. The lowest BCUT2D eigenvalue weighted by molar-refractivity contribution is -0.146. The highest BCUT2D eigenvalue weighted by Gasteiger charge is 2.22. The highest BCUT2D eigenvalue weighted by molar-refractivity contribution is 5.82. The van der Waals surface area contributed by atoms with Crippen LogP contribution in [0.3, 0.4) is 0 Å². The molecular formula is C11H9NO5. The maximum Gasteiger partial charge on any atom is 0.337 e. The van der Waals surface area contributed by atoms with Crippen molar-refractivity contribution >= 4 is 12.3 Å². The number of hydrogen-bond acceptors (Lipinski definition) is 5. The van der Waals surface area contributed by atoms with Crippen LogP contribution in [0.1, 0.15) is 27.6 Å². The van der Waals surface area contributed by atoms with Gasteiger partial charge in [-0.2, -0.15) is 5.26 Å². The van der Waals surface area contributed by atoms with Gasteiger partial charge in [0.15, 0.2) is 12.4 Å². The number of carbonyl (C=O) groups is 2. The molecular weight excluding hydrogens is 226 g/mol. The van der Waals surface area contributed by atoms with E-state index in [0.29, 0.717) is 6.29 Å². The summed E-state index contributed by atoms with van der Waals surface area (Å²) in [4.78, 5) is 21.4. The van der Waals surface area contributed by atoms with Crippen LogP contribution in [0.15, 0.2) is 12.1 Å². The number of nitriles is 1. The predicted molar refractivity (Wildman–Crippen MR) is 55.7 cm³/mol. The molecule has 1 aromatic carbocycles. The monoisotopic (exact) mass is 235 g/mol. The molecule has 17 heavy (non-hydrogen) atoms. The van der Waals surface area contributed by atoms with Gasteiger partial charge >= 0.3 is 5.97 Å². The highest BCUT2D eigenvalue weighted by Crippen LogP contribution is 2.26. The topological polar surface area (TPSA) is 108 Å². The van der Waals surface area contributed by atoms with Crippen molar-refractivity contribution in [1.82, 2.24) is 0 Å². The van der Waals surface area contributed by atoms with E-state index in [1.807, 2.05) is 0 Å². The number of carboxylic acids is 1. The second-order valence-corrected chi connectivity index (χ2v) is 3.15. The molecule has 0 aliphatic heterocycles. The van der Waals surface area contributed by atoms with Gasteiger partial charge in [-0.25, -0.2) is 4.79 Å². The third-order valence-electron chi connectivity index (χ3n) is 2.18. The minimum atomic E-state index is -1.85. The van der Waals surface area contributed by atoms with Crippen molar-refractivity contribution in [2.24, 2.45) is 0 Å². The Morgan fingerprint density at radius 3 is 2.65 bits per heavy atom. The van der Waals surface area contributed by atoms with Gasteiger partial charge < -0.3 is 14.9 Å². The number of aldehydes is 1. The summed E-state index contributed by atoms with van der Waals surface area (Å²) in [6, 6.07) is 4.08. The summed E-state index contributed by atoms with van der Waals surface area (Å²) in [5, 5.41) is 26.9. The predicted octanol–water partition coefficient (Wildman–Crippen LogP) is 0.497. The molecule has 0 aliphatic rings. The molecule has 0 aromatic heterocycles. The number of benzene rings is 1. The molecule has 1 unspecified atom stereocenters. The lowest BCUT2D eigenvalue weighted by atomic mass is 9.99. The molecule has 6 heteroatoms. The number of aliphatic carboxylic acids is 1. The van der Waals surface area contributed by atoms with E-state index in [9.17, 15) is 14.7 Å². The second kappa shape index (κ2) is 5.09. The van der Waals surface area contributed by atoms with Crippen molar-refractivity contribution in [3.8, 4) is 11.8 Å². The van der Waals surface area contributed by atoms with E-state index >= 15 is 0 Å². The van der Waals surface area contributed by atoms with Crippen LogP contribution in [0.2, 0.25) is 0 Å². The van der Waals surface area contributed by atoms with E-state index in [1.54, 1.807) is 6.07 Å². The summed E-state index contributed by atoms with van der Waals surface area (Å²) in [6.07, 6.45) is -1.40. The number of aliphatic hydroxyl groups is 1. The maximum atomic E-state index is 10.7. The smallest absolute Gasteiger partial charge is 0.337 e. The Morgan fingerprint density at radius 1 is 1.59 bits per heavy atom. The number of carbonyl (C=O) groups excluding carboxylic acids is 1. The summed E-state index contributed by atoms with van der Waals surface area (Å²) in [6.45, 7) is 0. The molecule has 0 saturated heterocycles. The van der Waals surface area contributed by atoms with E-state index in [0.717, 1.165) is 6.07 Å². The average Bonchev–Trinajstić information content (AvgIpc) is 2.35. The van der Waals surface area contributed by atoms with Gasteiger partial charge in [-0.1, -0.05) is 0 Å². The van der Waals surface area contributed by atoms with Gasteiger partial charge in [-0.3, -0.25) is 4.79 Å². The highest BCUT2D eigenvalue weighted by atomic mass is 16.5. The Labute approximate surface area is 96.7 Å². The largest absolute Gasteiger partial charge is 0.496 e. The Kier molecular flexibility index (Phi) is 3.80. The van der Waals surface area contributed by atoms with Crippen LogP contribution < -0.4 is 4.74 Å². The minimum absolute atomic E-state index is 0.0534. The van der Waals surface area contributed by atoms with E-state index < -0.39 is 12.1 Å². The first-order valence-corrected chi connectivity index (χ1v) is 4.53. The zero-order valence-corrected chi connectivity index (χ0v) is 8.88. The van der Waals surface area contributed by atoms with Crippen LogP contribution in [0.25, 0.3) is 0 Å². The van der Waals surface area contributed by atoms with Crippen LogP contribution >= 0.6 is 0 Å². The minimum Gasteiger partial charge on any atom is -0.496 e. The lowest BCUT2D eigenvalue weighted by Crippen LogP contribution is -2.12. The summed E-state index contributed by atoms with van der Waals surface area (Å²) in [5.74, 6) is -1.35. The third-order valence-corrected chi connectivity index (χ3v) is 2.18. The first-order valence-electron chi connectivity index (χ1n) is 4.53. The molecule has 0 bridgehead atoms. The van der Waals surface area contributed by atoms with Crippen LogP contribution in [0.5, 0.6) is 5.75 Å². The standard InChI is InChI=1S/C11H9NO5/c1-17-9-3-6(4-12)8(2-7(9)5-13)10(14)11(15)16/h2-3,5,10,14H,1H3,(H,15,16). The van der Waals surface area contributed by atoms with Crippen molar-refractivity contribution in [2.45, 2.75) is 6.10 Å². The van der Waals surface area contributed by atoms with Gasteiger partial charge in [0.1, 0.15) is 5.75 Å². The molecule has 0 radical (unpaired) electrons. The molecule has 1 atom stereocenters. The van der Waals surface area contributed by atoms with Crippen molar-refractivity contribution in [1.29, 1.82) is 5.26 Å². The lowest BCUT2D eigenvalue weighted by Gasteiger charge is -2.11. The first kappa shape index (κ1) is 12.7. The zero-order chi connectivity index (χ0) is 13.0. The van der Waals surface area contributed by atoms with E-state index in [1.165, 1.54) is 13.2 Å². The van der Waals surface area contributed by atoms with Gasteiger partial charge in [-0.05, 0) is 12.1 Å². The number of nitrogens with zero attached hydrogens (tertiary/aromatic N) is 1. The van der Waals surface area contributed by atoms with E-state index in [4.69, 9.17) is 15.1 Å². The maximum absolute atomic E-state index is 10.7. The normalized spacial score (nSPS) is 11.4. The number of hydrogen-bond donors (Lipinski definition) is 2. The first-order chi connectivity index (χ1) is 8.04. The van der Waals surface area contributed by atoms with E-state index in [-0.39, 0.29) is 22.4 Å².